The van der Waals surface area contributed by atoms with Crippen LogP contribution in [0.2, 0.25) is 5.02 Å². The van der Waals surface area contributed by atoms with Gasteiger partial charge < -0.3 is 19.3 Å². The molecule has 0 spiro atoms. The van der Waals surface area contributed by atoms with Gasteiger partial charge >= 0.3 is 0 Å². The average molecular weight is 558 g/mol. The number of amides is 1. The van der Waals surface area contributed by atoms with Gasteiger partial charge in [-0.3, -0.25) is 9.10 Å². The summed E-state index contributed by atoms with van der Waals surface area (Å²) >= 11 is 6.36. The number of hydrogen-bond donors (Lipinski definition) is 0. The largest absolute Gasteiger partial charge is 0.497 e. The molecule has 1 saturated heterocycles. The molecule has 3 aromatic carbocycles. The van der Waals surface area contributed by atoms with Crippen LogP contribution < -0.4 is 18.7 Å². The second-order valence-corrected chi connectivity index (χ2v) is 11.4. The van der Waals surface area contributed by atoms with Crippen LogP contribution in [0.1, 0.15) is 11.1 Å². The lowest BCUT2D eigenvalue weighted by Gasteiger charge is -2.37. The molecule has 0 N–H and O–H groups in total. The minimum atomic E-state index is -4.16. The van der Waals surface area contributed by atoms with Crippen LogP contribution in [0, 0.1) is 13.8 Å². The smallest absolute Gasteiger partial charge is 0.268 e. The number of anilines is 2. The van der Waals surface area contributed by atoms with Crippen LogP contribution in [-0.2, 0) is 14.8 Å². The highest BCUT2D eigenvalue weighted by Crippen LogP contribution is 2.33. The average Bonchev–Trinajstić information content (AvgIpc) is 2.93. The van der Waals surface area contributed by atoms with Gasteiger partial charge in [0.05, 0.1) is 19.9 Å². The van der Waals surface area contributed by atoms with Gasteiger partial charge in [-0.05, 0) is 73.5 Å². The number of ether oxygens (including phenoxy) is 2. The van der Waals surface area contributed by atoms with Gasteiger partial charge in [0.25, 0.3) is 10.0 Å². The number of piperazine rings is 1. The zero-order valence-corrected chi connectivity index (χ0v) is 23.6. The molecule has 0 aliphatic carbocycles. The van der Waals surface area contributed by atoms with E-state index in [0.717, 1.165) is 26.9 Å². The molecule has 1 amide bonds. The van der Waals surface area contributed by atoms with Gasteiger partial charge in [-0.1, -0.05) is 23.7 Å². The standard InChI is InChI=1S/C28H32ClN3O5S/c1-20-5-12-26(37-4)27(17-20)38(34,35)32(23-7-6-21(2)25(29)18-23)19-28(33)31-15-13-30(14-16-31)22-8-10-24(36-3)11-9-22/h5-12,17-18H,13-16,19H2,1-4H3. The number of sulfonamides is 1. The zero-order chi connectivity index (χ0) is 27.4. The minimum Gasteiger partial charge on any atom is -0.497 e. The highest BCUT2D eigenvalue weighted by molar-refractivity contribution is 7.93. The molecule has 1 aliphatic rings. The molecule has 1 fully saturated rings. The van der Waals surface area contributed by atoms with Crippen LogP contribution in [0.4, 0.5) is 11.4 Å². The Labute approximate surface area is 229 Å². The molecular weight excluding hydrogens is 526 g/mol. The Hall–Kier alpha value is -3.43. The van der Waals surface area contributed by atoms with E-state index in [1.165, 1.54) is 7.11 Å². The Balaban J connectivity index is 1.58. The zero-order valence-electron chi connectivity index (χ0n) is 22.0. The van der Waals surface area contributed by atoms with E-state index in [-0.39, 0.29) is 23.1 Å². The molecule has 0 unspecified atom stereocenters. The fourth-order valence-electron chi connectivity index (χ4n) is 4.39. The first kappa shape index (κ1) is 27.6. The Morgan fingerprint density at radius 3 is 2.21 bits per heavy atom. The van der Waals surface area contributed by atoms with E-state index >= 15 is 0 Å². The van der Waals surface area contributed by atoms with Crippen molar-refractivity contribution < 1.29 is 22.7 Å². The summed E-state index contributed by atoms with van der Waals surface area (Å²) in [7, 11) is -1.11. The minimum absolute atomic E-state index is 0.00572. The third-order valence-electron chi connectivity index (χ3n) is 6.68. The summed E-state index contributed by atoms with van der Waals surface area (Å²) in [6.07, 6.45) is 0. The van der Waals surface area contributed by atoms with E-state index in [1.807, 2.05) is 31.2 Å². The molecule has 8 nitrogen and oxygen atoms in total. The number of hydrogen-bond acceptors (Lipinski definition) is 6. The number of carbonyl (C=O) groups is 1. The molecule has 1 heterocycles. The third kappa shape index (κ3) is 5.84. The molecule has 10 heteroatoms. The maximum atomic E-state index is 14.0. The molecule has 0 aromatic heterocycles. The number of aryl methyl sites for hydroxylation is 2. The van der Waals surface area contributed by atoms with Crippen molar-refractivity contribution in [2.45, 2.75) is 18.7 Å². The van der Waals surface area contributed by atoms with Crippen LogP contribution in [0.15, 0.2) is 65.6 Å². The summed E-state index contributed by atoms with van der Waals surface area (Å²) in [6.45, 7) is 5.49. The Kier molecular flexibility index (Phi) is 8.38. The summed E-state index contributed by atoms with van der Waals surface area (Å²) in [5.74, 6) is 0.705. The second kappa shape index (κ2) is 11.5. The molecular formula is C28H32ClN3O5S. The van der Waals surface area contributed by atoms with Gasteiger partial charge in [0.1, 0.15) is 22.9 Å². The Morgan fingerprint density at radius 1 is 0.921 bits per heavy atom. The fraction of sp³-hybridized carbons (Fsp3) is 0.321. The maximum absolute atomic E-state index is 14.0. The number of halogens is 1. The van der Waals surface area contributed by atoms with Crippen molar-refractivity contribution in [3.8, 4) is 11.5 Å². The van der Waals surface area contributed by atoms with Crippen molar-refractivity contribution in [1.29, 1.82) is 0 Å². The number of benzene rings is 3. The third-order valence-corrected chi connectivity index (χ3v) is 8.88. The van der Waals surface area contributed by atoms with Crippen LogP contribution >= 0.6 is 11.6 Å². The lowest BCUT2D eigenvalue weighted by molar-refractivity contribution is -0.129. The van der Waals surface area contributed by atoms with Crippen LogP contribution in [-0.4, -0.2) is 66.2 Å². The first-order valence-corrected chi connectivity index (χ1v) is 14.1. The molecule has 1 aliphatic heterocycles. The first-order chi connectivity index (χ1) is 18.1. The maximum Gasteiger partial charge on any atom is 0.268 e. The van der Waals surface area contributed by atoms with Crippen molar-refractivity contribution >= 4 is 38.9 Å². The van der Waals surface area contributed by atoms with E-state index in [4.69, 9.17) is 21.1 Å². The van der Waals surface area contributed by atoms with Crippen molar-refractivity contribution in [2.75, 3.05) is 56.1 Å². The molecule has 0 atom stereocenters. The number of rotatable bonds is 8. The topological polar surface area (TPSA) is 79.4 Å². The normalized spacial score (nSPS) is 13.8. The van der Waals surface area contributed by atoms with Crippen LogP contribution in [0.3, 0.4) is 0 Å². The van der Waals surface area contributed by atoms with E-state index in [1.54, 1.807) is 55.3 Å². The molecule has 38 heavy (non-hydrogen) atoms. The predicted molar refractivity (Wildman–Crippen MR) is 150 cm³/mol. The Morgan fingerprint density at radius 2 is 1.61 bits per heavy atom. The number of carbonyl (C=O) groups excluding carboxylic acids is 1. The lowest BCUT2D eigenvalue weighted by atomic mass is 10.2. The van der Waals surface area contributed by atoms with E-state index in [2.05, 4.69) is 4.90 Å². The predicted octanol–water partition coefficient (Wildman–Crippen LogP) is 4.52. The van der Waals surface area contributed by atoms with Crippen molar-refractivity contribution in [2.24, 2.45) is 0 Å². The lowest BCUT2D eigenvalue weighted by Crippen LogP contribution is -2.52. The van der Waals surface area contributed by atoms with E-state index < -0.39 is 10.0 Å². The summed E-state index contributed by atoms with van der Waals surface area (Å²) in [4.78, 5) is 17.4. The number of nitrogens with zero attached hydrogens (tertiary/aromatic N) is 3. The SMILES string of the molecule is COc1ccc(N2CCN(C(=O)CN(c3ccc(C)c(Cl)c3)S(=O)(=O)c3cc(C)ccc3OC)CC2)cc1. The first-order valence-electron chi connectivity index (χ1n) is 12.2. The highest BCUT2D eigenvalue weighted by atomic mass is 35.5. The van der Waals surface area contributed by atoms with Crippen molar-refractivity contribution in [3.63, 3.8) is 0 Å². The summed E-state index contributed by atoms with van der Waals surface area (Å²) < 4.78 is 39.7. The molecule has 0 saturated carbocycles. The van der Waals surface area contributed by atoms with Gasteiger partial charge in [0.15, 0.2) is 0 Å². The van der Waals surface area contributed by atoms with Crippen LogP contribution in [0.25, 0.3) is 0 Å². The van der Waals surface area contributed by atoms with Gasteiger partial charge in [-0.25, -0.2) is 8.42 Å². The molecule has 3 aromatic rings. The van der Waals surface area contributed by atoms with Crippen molar-refractivity contribution in [3.05, 3.63) is 76.8 Å². The second-order valence-electron chi connectivity index (χ2n) is 9.17. The molecule has 0 radical (unpaired) electrons. The van der Waals surface area contributed by atoms with E-state index in [0.29, 0.717) is 36.9 Å². The molecule has 0 bridgehead atoms. The quantitative estimate of drug-likeness (QED) is 0.405. The number of methoxy groups -OCH3 is 2. The summed E-state index contributed by atoms with van der Waals surface area (Å²) in [6, 6.07) is 17.7. The van der Waals surface area contributed by atoms with Gasteiger partial charge in [-0.2, -0.15) is 0 Å². The van der Waals surface area contributed by atoms with Gasteiger partial charge in [0.2, 0.25) is 5.91 Å². The molecule has 4 rings (SSSR count). The van der Waals surface area contributed by atoms with Gasteiger partial charge in [-0.15, -0.1) is 0 Å². The monoisotopic (exact) mass is 557 g/mol. The van der Waals surface area contributed by atoms with E-state index in [9.17, 15) is 13.2 Å². The fourth-order valence-corrected chi connectivity index (χ4v) is 6.21. The van der Waals surface area contributed by atoms with Crippen molar-refractivity contribution in [1.82, 2.24) is 4.90 Å². The van der Waals surface area contributed by atoms with Crippen LogP contribution in [0.5, 0.6) is 11.5 Å². The van der Waals surface area contributed by atoms with Gasteiger partial charge in [0, 0.05) is 36.9 Å². The summed E-state index contributed by atoms with van der Waals surface area (Å²) in [5.41, 5.74) is 2.92. The Bertz CT molecular complexity index is 1400. The molecule has 202 valence electrons. The summed E-state index contributed by atoms with van der Waals surface area (Å²) in [5, 5.41) is 0.416. The highest BCUT2D eigenvalue weighted by Gasteiger charge is 2.32.